The molecular weight excluding hydrogens is 384 g/mol. The summed E-state index contributed by atoms with van der Waals surface area (Å²) in [6.07, 6.45) is 7.81. The zero-order valence-electron chi connectivity index (χ0n) is 19.1. The summed E-state index contributed by atoms with van der Waals surface area (Å²) in [5.74, 6) is 4.28. The third-order valence-electron chi connectivity index (χ3n) is 4.16. The second-order valence-electron chi connectivity index (χ2n) is 5.90. The molecule has 0 radical (unpaired) electrons. The first-order valence-electron chi connectivity index (χ1n) is 9.38. The Hall–Kier alpha value is -3.28. The van der Waals surface area contributed by atoms with Crippen molar-refractivity contribution < 1.29 is 28.4 Å². The number of methoxy groups -OCH3 is 6. The summed E-state index contributed by atoms with van der Waals surface area (Å²) in [4.78, 5) is 0. The highest BCUT2D eigenvalue weighted by Gasteiger charge is 2.10. The third-order valence-corrected chi connectivity index (χ3v) is 4.16. The highest BCUT2D eigenvalue weighted by Crippen LogP contribution is 2.36. The van der Waals surface area contributed by atoms with Crippen LogP contribution in [-0.4, -0.2) is 42.7 Å². The van der Waals surface area contributed by atoms with Gasteiger partial charge in [0.1, 0.15) is 11.5 Å². The molecule has 0 aliphatic heterocycles. The van der Waals surface area contributed by atoms with Gasteiger partial charge in [0.25, 0.3) is 0 Å². The van der Waals surface area contributed by atoms with Gasteiger partial charge in [-0.05, 0) is 26.0 Å². The van der Waals surface area contributed by atoms with E-state index in [4.69, 9.17) is 28.4 Å². The Kier molecular flexibility index (Phi) is 10.8. The number of benzene rings is 2. The largest absolute Gasteiger partial charge is 0.496 e. The van der Waals surface area contributed by atoms with Crippen molar-refractivity contribution in [3.63, 3.8) is 0 Å². The molecule has 0 heterocycles. The number of allylic oxidation sites excluding steroid dienone is 2. The fraction of sp³-hybridized carbons (Fsp3) is 0.333. The van der Waals surface area contributed by atoms with Crippen LogP contribution in [0.15, 0.2) is 36.4 Å². The third kappa shape index (κ3) is 6.37. The van der Waals surface area contributed by atoms with Crippen molar-refractivity contribution in [1.29, 1.82) is 0 Å². The van der Waals surface area contributed by atoms with Crippen LogP contribution in [0.25, 0.3) is 12.2 Å². The van der Waals surface area contributed by atoms with Gasteiger partial charge < -0.3 is 28.4 Å². The first-order valence-corrected chi connectivity index (χ1v) is 9.38. The predicted molar refractivity (Wildman–Crippen MR) is 122 cm³/mol. The van der Waals surface area contributed by atoms with Crippen molar-refractivity contribution in [2.45, 2.75) is 13.8 Å². The van der Waals surface area contributed by atoms with Gasteiger partial charge in [-0.25, -0.2) is 0 Å². The Bertz CT molecular complexity index is 784. The summed E-state index contributed by atoms with van der Waals surface area (Å²) in [6.45, 7) is 3.91. The van der Waals surface area contributed by atoms with Crippen LogP contribution in [-0.2, 0) is 0 Å². The molecule has 0 fully saturated rings. The molecule has 2 aromatic rings. The normalized spacial score (nSPS) is 10.4. The fourth-order valence-electron chi connectivity index (χ4n) is 2.73. The van der Waals surface area contributed by atoms with E-state index >= 15 is 0 Å². The van der Waals surface area contributed by atoms with Crippen LogP contribution >= 0.6 is 0 Å². The molecule has 0 amide bonds. The average molecular weight is 417 g/mol. The van der Waals surface area contributed by atoms with Gasteiger partial charge in [0.2, 0.25) is 0 Å². The zero-order chi connectivity index (χ0) is 22.5. The number of hydrogen-bond donors (Lipinski definition) is 0. The molecule has 0 N–H and O–H groups in total. The maximum atomic E-state index is 5.25. The lowest BCUT2D eigenvalue weighted by atomic mass is 10.1. The maximum Gasteiger partial charge on any atom is 0.164 e. The van der Waals surface area contributed by atoms with Crippen molar-refractivity contribution in [2.24, 2.45) is 0 Å². The second-order valence-corrected chi connectivity index (χ2v) is 5.90. The van der Waals surface area contributed by atoms with Gasteiger partial charge in [-0.2, -0.15) is 0 Å². The van der Waals surface area contributed by atoms with Crippen molar-refractivity contribution >= 4 is 12.2 Å². The van der Waals surface area contributed by atoms with E-state index in [0.29, 0.717) is 23.0 Å². The molecule has 0 aliphatic carbocycles. The van der Waals surface area contributed by atoms with Crippen LogP contribution in [0.1, 0.15) is 25.0 Å². The summed E-state index contributed by atoms with van der Waals surface area (Å²) < 4.78 is 31.3. The van der Waals surface area contributed by atoms with Crippen LogP contribution < -0.4 is 28.4 Å². The van der Waals surface area contributed by atoms with Crippen molar-refractivity contribution in [3.8, 4) is 34.5 Å². The van der Waals surface area contributed by atoms with Gasteiger partial charge >= 0.3 is 0 Å². The molecule has 0 aromatic heterocycles. The molecule has 2 aromatic carbocycles. The van der Waals surface area contributed by atoms with Crippen LogP contribution in [0.4, 0.5) is 0 Å². The standard InChI is InChI=1S/2C12H16O3/c2*1-5-6-9-7-11(14-3)12(15-4)8-10(9)13-2/h2*5-8H,1-4H3/b2*6-5+. The Morgan fingerprint density at radius 1 is 0.433 bits per heavy atom. The van der Waals surface area contributed by atoms with E-state index in [0.717, 1.165) is 22.6 Å². The van der Waals surface area contributed by atoms with Crippen LogP contribution in [0.5, 0.6) is 34.5 Å². The van der Waals surface area contributed by atoms with Crippen molar-refractivity contribution in [2.75, 3.05) is 42.7 Å². The lowest BCUT2D eigenvalue weighted by molar-refractivity contribution is 0.348. The topological polar surface area (TPSA) is 55.4 Å². The van der Waals surface area contributed by atoms with Gasteiger partial charge in [-0.15, -0.1) is 0 Å². The minimum absolute atomic E-state index is 0.669. The molecule has 0 aliphatic rings. The van der Waals surface area contributed by atoms with E-state index in [1.807, 2.05) is 62.4 Å². The van der Waals surface area contributed by atoms with Crippen LogP contribution in [0.3, 0.4) is 0 Å². The predicted octanol–water partition coefficient (Wildman–Crippen LogP) is 5.49. The molecule has 0 saturated carbocycles. The summed E-state index contributed by atoms with van der Waals surface area (Å²) in [5.41, 5.74) is 1.94. The Balaban J connectivity index is 0.000000300. The molecule has 0 saturated heterocycles. The minimum atomic E-state index is 0.669. The first kappa shape index (κ1) is 24.8. The summed E-state index contributed by atoms with van der Waals surface area (Å²) >= 11 is 0. The van der Waals surface area contributed by atoms with E-state index in [-0.39, 0.29) is 0 Å². The second kappa shape index (κ2) is 13.0. The Labute approximate surface area is 179 Å². The molecule has 0 unspecified atom stereocenters. The molecule has 0 bridgehead atoms. The Morgan fingerprint density at radius 2 is 0.700 bits per heavy atom. The van der Waals surface area contributed by atoms with Gasteiger partial charge in [-0.1, -0.05) is 24.3 Å². The lowest BCUT2D eigenvalue weighted by Gasteiger charge is -2.11. The lowest BCUT2D eigenvalue weighted by Crippen LogP contribution is -1.94. The van der Waals surface area contributed by atoms with Crippen molar-refractivity contribution in [1.82, 2.24) is 0 Å². The number of ether oxygens (including phenoxy) is 6. The van der Waals surface area contributed by atoms with E-state index in [2.05, 4.69) is 0 Å². The molecule has 2 rings (SSSR count). The molecule has 164 valence electrons. The number of rotatable bonds is 8. The molecule has 6 nitrogen and oxygen atoms in total. The van der Waals surface area contributed by atoms with E-state index < -0.39 is 0 Å². The maximum absolute atomic E-state index is 5.25. The average Bonchev–Trinajstić information content (AvgIpc) is 2.79. The molecular formula is C24H32O6. The van der Waals surface area contributed by atoms with E-state index in [1.54, 1.807) is 42.7 Å². The highest BCUT2D eigenvalue weighted by molar-refractivity contribution is 5.64. The quantitative estimate of drug-likeness (QED) is 0.567. The van der Waals surface area contributed by atoms with Crippen LogP contribution in [0, 0.1) is 0 Å². The van der Waals surface area contributed by atoms with Gasteiger partial charge in [0.05, 0.1) is 42.7 Å². The van der Waals surface area contributed by atoms with Gasteiger partial charge in [0, 0.05) is 23.3 Å². The fourth-order valence-corrected chi connectivity index (χ4v) is 2.73. The smallest absolute Gasteiger partial charge is 0.164 e. The summed E-state index contributed by atoms with van der Waals surface area (Å²) in [6, 6.07) is 7.40. The molecule has 0 spiro atoms. The Morgan fingerprint density at radius 3 is 0.933 bits per heavy atom. The summed E-state index contributed by atoms with van der Waals surface area (Å²) in [5, 5.41) is 0. The van der Waals surface area contributed by atoms with Gasteiger partial charge in [0.15, 0.2) is 23.0 Å². The molecule has 6 heteroatoms. The minimum Gasteiger partial charge on any atom is -0.496 e. The first-order chi connectivity index (χ1) is 14.5. The van der Waals surface area contributed by atoms with Crippen molar-refractivity contribution in [3.05, 3.63) is 47.5 Å². The SMILES string of the molecule is C/C=C/c1cc(OC)c(OC)cc1OC.C/C=C/c1cc(OC)c(OC)cc1OC. The number of hydrogen-bond acceptors (Lipinski definition) is 6. The van der Waals surface area contributed by atoms with E-state index in [1.165, 1.54) is 0 Å². The summed E-state index contributed by atoms with van der Waals surface area (Å²) in [7, 11) is 9.70. The highest BCUT2D eigenvalue weighted by atomic mass is 16.5. The van der Waals surface area contributed by atoms with Crippen LogP contribution in [0.2, 0.25) is 0 Å². The zero-order valence-corrected chi connectivity index (χ0v) is 19.1. The monoisotopic (exact) mass is 416 g/mol. The van der Waals surface area contributed by atoms with Gasteiger partial charge in [-0.3, -0.25) is 0 Å². The molecule has 0 atom stereocenters. The molecule has 30 heavy (non-hydrogen) atoms. The van der Waals surface area contributed by atoms with E-state index in [9.17, 15) is 0 Å².